The van der Waals surface area contributed by atoms with Gasteiger partial charge < -0.3 is 9.88 Å². The van der Waals surface area contributed by atoms with E-state index in [1.54, 1.807) is 22.7 Å². The topological polar surface area (TPSA) is 36.1 Å². The number of aromatic nitrogens is 1. The number of nitrogens with one attached hydrogen (secondary N) is 1. The van der Waals surface area contributed by atoms with Gasteiger partial charge >= 0.3 is 6.18 Å². The monoisotopic (exact) mass is 430 g/mol. The summed E-state index contributed by atoms with van der Waals surface area (Å²) in [5.41, 5.74) is 3.05. The minimum Gasteiger partial charge on any atom is -0.361 e. The van der Waals surface area contributed by atoms with Crippen molar-refractivity contribution in [3.63, 3.8) is 0 Å². The number of aromatic amines is 1. The highest BCUT2D eigenvalue weighted by molar-refractivity contribution is 7.99. The first-order valence-corrected chi connectivity index (χ1v) is 10.8. The van der Waals surface area contributed by atoms with Gasteiger partial charge in [-0.25, -0.2) is 0 Å². The van der Waals surface area contributed by atoms with Crippen LogP contribution in [-0.2, 0) is 16.7 Å². The van der Waals surface area contributed by atoms with E-state index in [1.165, 1.54) is 23.1 Å². The predicted octanol–water partition coefficient (Wildman–Crippen LogP) is 5.74. The first-order valence-electron chi connectivity index (χ1n) is 9.69. The summed E-state index contributed by atoms with van der Waals surface area (Å²) in [5, 5.41) is 1.17. The number of hydrogen-bond acceptors (Lipinski definition) is 2. The van der Waals surface area contributed by atoms with E-state index in [0.29, 0.717) is 30.8 Å². The number of thioether (sulfide) groups is 1. The van der Waals surface area contributed by atoms with Crippen LogP contribution in [0.4, 0.5) is 13.2 Å². The molecule has 1 aromatic heterocycles. The summed E-state index contributed by atoms with van der Waals surface area (Å²) >= 11 is 1.57. The standard InChI is InChI=1S/C23H21F3N2OS/c24-23(25,26)19-5-3-4-17(12-19)16-8-10-28(11-9-16)22(29)15-30-14-18-13-27-21-7-2-1-6-20(18)21/h1-8,12-13,27H,9-11,14-15H2. The van der Waals surface area contributed by atoms with Crippen molar-refractivity contribution >= 4 is 34.1 Å². The van der Waals surface area contributed by atoms with Crippen molar-refractivity contribution in [2.75, 3.05) is 18.8 Å². The maximum absolute atomic E-state index is 12.9. The van der Waals surface area contributed by atoms with Crippen molar-refractivity contribution in [3.05, 3.63) is 77.5 Å². The Morgan fingerprint density at radius 2 is 1.97 bits per heavy atom. The van der Waals surface area contributed by atoms with Crippen LogP contribution < -0.4 is 0 Å². The molecule has 0 unspecified atom stereocenters. The van der Waals surface area contributed by atoms with E-state index in [4.69, 9.17) is 0 Å². The van der Waals surface area contributed by atoms with Gasteiger partial charge in [0.15, 0.2) is 0 Å². The SMILES string of the molecule is O=C(CSCc1c[nH]c2ccccc12)N1CC=C(c2cccc(C(F)(F)F)c2)CC1. The van der Waals surface area contributed by atoms with Crippen LogP contribution in [0.3, 0.4) is 0 Å². The molecule has 0 radical (unpaired) electrons. The molecule has 3 aromatic rings. The van der Waals surface area contributed by atoms with Crippen molar-refractivity contribution in [2.45, 2.75) is 18.3 Å². The Morgan fingerprint density at radius 1 is 1.13 bits per heavy atom. The molecule has 4 rings (SSSR count). The number of alkyl halides is 3. The molecule has 0 saturated heterocycles. The number of carbonyl (C=O) groups excluding carboxylic acids is 1. The number of H-pyrrole nitrogens is 1. The number of halogens is 3. The second-order valence-electron chi connectivity index (χ2n) is 7.25. The average molecular weight is 430 g/mol. The Bertz CT molecular complexity index is 1090. The van der Waals surface area contributed by atoms with Gasteiger partial charge in [0.2, 0.25) is 5.91 Å². The van der Waals surface area contributed by atoms with Gasteiger partial charge in [-0.05, 0) is 41.3 Å². The van der Waals surface area contributed by atoms with Crippen molar-refractivity contribution in [1.29, 1.82) is 0 Å². The molecule has 30 heavy (non-hydrogen) atoms. The molecule has 2 heterocycles. The molecule has 156 valence electrons. The highest BCUT2D eigenvalue weighted by atomic mass is 32.2. The molecule has 0 fully saturated rings. The number of nitrogens with zero attached hydrogens (tertiary/aromatic N) is 1. The van der Waals surface area contributed by atoms with Gasteiger partial charge in [0.1, 0.15) is 0 Å². The van der Waals surface area contributed by atoms with Crippen LogP contribution >= 0.6 is 11.8 Å². The number of hydrogen-bond donors (Lipinski definition) is 1. The zero-order chi connectivity index (χ0) is 21.1. The maximum Gasteiger partial charge on any atom is 0.416 e. The van der Waals surface area contributed by atoms with Crippen LogP contribution in [0.5, 0.6) is 0 Å². The van der Waals surface area contributed by atoms with Crippen LogP contribution in [0, 0.1) is 0 Å². The Balaban J connectivity index is 1.32. The highest BCUT2D eigenvalue weighted by Crippen LogP contribution is 2.32. The Hall–Kier alpha value is -2.67. The summed E-state index contributed by atoms with van der Waals surface area (Å²) in [6.45, 7) is 0.951. The van der Waals surface area contributed by atoms with E-state index >= 15 is 0 Å². The number of fused-ring (bicyclic) bond motifs is 1. The van der Waals surface area contributed by atoms with Crippen molar-refractivity contribution in [1.82, 2.24) is 9.88 Å². The van der Waals surface area contributed by atoms with Gasteiger partial charge in [0, 0.05) is 35.9 Å². The van der Waals surface area contributed by atoms with Crippen LogP contribution in [0.2, 0.25) is 0 Å². The lowest BCUT2D eigenvalue weighted by atomic mass is 9.97. The summed E-state index contributed by atoms with van der Waals surface area (Å²) < 4.78 is 38.8. The summed E-state index contributed by atoms with van der Waals surface area (Å²) in [5.74, 6) is 1.18. The smallest absolute Gasteiger partial charge is 0.361 e. The molecule has 1 amide bonds. The molecule has 0 saturated carbocycles. The number of amides is 1. The van der Waals surface area contributed by atoms with Gasteiger partial charge in [0.05, 0.1) is 11.3 Å². The lowest BCUT2D eigenvalue weighted by molar-refractivity contribution is -0.137. The van der Waals surface area contributed by atoms with Gasteiger partial charge in [-0.15, -0.1) is 11.8 Å². The van der Waals surface area contributed by atoms with Crippen LogP contribution in [-0.4, -0.2) is 34.6 Å². The van der Waals surface area contributed by atoms with Gasteiger partial charge in [0.25, 0.3) is 0 Å². The normalized spacial score (nSPS) is 14.8. The number of para-hydroxylation sites is 1. The summed E-state index contributed by atoms with van der Waals surface area (Å²) in [6, 6.07) is 13.4. The fraction of sp³-hybridized carbons (Fsp3) is 0.261. The second kappa shape index (κ2) is 8.60. The highest BCUT2D eigenvalue weighted by Gasteiger charge is 2.30. The van der Waals surface area contributed by atoms with Gasteiger partial charge in [-0.2, -0.15) is 13.2 Å². The zero-order valence-electron chi connectivity index (χ0n) is 16.2. The van der Waals surface area contributed by atoms with E-state index < -0.39 is 11.7 Å². The molecular weight excluding hydrogens is 409 g/mol. The maximum atomic E-state index is 12.9. The number of benzene rings is 2. The molecule has 1 aliphatic heterocycles. The summed E-state index contributed by atoms with van der Waals surface area (Å²) in [7, 11) is 0. The molecule has 1 aliphatic rings. The summed E-state index contributed by atoms with van der Waals surface area (Å²) in [6.07, 6.45) is 0.0454. The molecule has 7 heteroatoms. The van der Waals surface area contributed by atoms with E-state index in [1.807, 2.05) is 30.5 Å². The molecule has 3 nitrogen and oxygen atoms in total. The Kier molecular flexibility index (Phi) is 5.90. The van der Waals surface area contributed by atoms with Gasteiger partial charge in [-0.3, -0.25) is 4.79 Å². The predicted molar refractivity (Wildman–Crippen MR) is 115 cm³/mol. The molecule has 0 atom stereocenters. The van der Waals surface area contributed by atoms with E-state index in [2.05, 4.69) is 11.1 Å². The van der Waals surface area contributed by atoms with Crippen molar-refractivity contribution < 1.29 is 18.0 Å². The number of rotatable bonds is 5. The van der Waals surface area contributed by atoms with Gasteiger partial charge in [-0.1, -0.05) is 36.4 Å². The fourth-order valence-electron chi connectivity index (χ4n) is 3.64. The van der Waals surface area contributed by atoms with Crippen LogP contribution in [0.1, 0.15) is 23.1 Å². The fourth-order valence-corrected chi connectivity index (χ4v) is 4.56. The van der Waals surface area contributed by atoms with Crippen molar-refractivity contribution in [2.24, 2.45) is 0 Å². The third kappa shape index (κ3) is 4.56. The third-order valence-electron chi connectivity index (χ3n) is 5.28. The minimum atomic E-state index is -4.35. The average Bonchev–Trinajstić information content (AvgIpc) is 3.16. The Morgan fingerprint density at radius 3 is 2.73 bits per heavy atom. The van der Waals surface area contributed by atoms with Crippen LogP contribution in [0.15, 0.2) is 60.8 Å². The van der Waals surface area contributed by atoms with E-state index in [9.17, 15) is 18.0 Å². The van der Waals surface area contributed by atoms with E-state index in [-0.39, 0.29) is 5.91 Å². The third-order valence-corrected chi connectivity index (χ3v) is 6.25. The lowest BCUT2D eigenvalue weighted by Gasteiger charge is -2.27. The molecular formula is C23H21F3N2OS. The Labute approximate surface area is 177 Å². The molecule has 0 bridgehead atoms. The molecule has 0 aliphatic carbocycles. The first kappa shape index (κ1) is 20.6. The van der Waals surface area contributed by atoms with Crippen LogP contribution in [0.25, 0.3) is 16.5 Å². The molecule has 2 aromatic carbocycles. The van der Waals surface area contributed by atoms with Crippen molar-refractivity contribution in [3.8, 4) is 0 Å². The molecule has 1 N–H and O–H groups in total. The second-order valence-corrected chi connectivity index (χ2v) is 8.24. The molecule has 0 spiro atoms. The number of carbonyl (C=O) groups is 1. The largest absolute Gasteiger partial charge is 0.416 e. The quantitative estimate of drug-likeness (QED) is 0.561. The zero-order valence-corrected chi connectivity index (χ0v) is 17.0. The summed E-state index contributed by atoms with van der Waals surface area (Å²) in [4.78, 5) is 17.5. The minimum absolute atomic E-state index is 0.0548. The lowest BCUT2D eigenvalue weighted by Crippen LogP contribution is -2.35. The van der Waals surface area contributed by atoms with E-state index in [0.717, 1.165) is 22.9 Å². The first-order chi connectivity index (χ1) is 14.4.